The van der Waals surface area contributed by atoms with Crippen LogP contribution in [0.5, 0.6) is 0 Å². The molecule has 0 aliphatic carbocycles. The van der Waals surface area contributed by atoms with Gasteiger partial charge in [-0.15, -0.1) is 0 Å². The first-order chi connectivity index (χ1) is 18.4. The molecule has 0 aliphatic heterocycles. The second kappa shape index (κ2) is 13.1. The molecule has 3 aromatic carbocycles. The van der Waals surface area contributed by atoms with Gasteiger partial charge in [0.1, 0.15) is 12.6 Å². The zero-order valence-electron chi connectivity index (χ0n) is 23.0. The average Bonchev–Trinajstić information content (AvgIpc) is 2.87. The third kappa shape index (κ3) is 8.31. The molecule has 0 heterocycles. The summed E-state index contributed by atoms with van der Waals surface area (Å²) >= 11 is 6.08. The Balaban J connectivity index is 2.07. The van der Waals surface area contributed by atoms with Gasteiger partial charge < -0.3 is 10.2 Å². The summed E-state index contributed by atoms with van der Waals surface area (Å²) in [6.45, 7) is 7.08. The predicted octanol–water partition coefficient (Wildman–Crippen LogP) is 4.89. The molecule has 0 bridgehead atoms. The summed E-state index contributed by atoms with van der Waals surface area (Å²) in [4.78, 5) is 29.1. The number of carbonyl (C=O) groups excluding carboxylic acids is 2. The number of sulfonamides is 1. The standard InChI is InChI=1S/C30H36ClN3O4S/c1-21(2)32-30(36)28(18-24-11-7-6-8-12-24)33(19-25-14-16-26(31)17-15-25)29(35)20-34(39(5,37)38)27-13-9-10-22(3)23(27)4/h6-17,21,28H,18-20H2,1-5H3,(H,32,36). The van der Waals surface area contributed by atoms with E-state index in [0.717, 1.165) is 32.8 Å². The number of rotatable bonds is 11. The van der Waals surface area contributed by atoms with Crippen molar-refractivity contribution in [1.29, 1.82) is 0 Å². The molecule has 3 aromatic rings. The molecule has 1 unspecified atom stereocenters. The highest BCUT2D eigenvalue weighted by Crippen LogP contribution is 2.26. The largest absolute Gasteiger partial charge is 0.352 e. The van der Waals surface area contributed by atoms with Crippen LogP contribution in [0.25, 0.3) is 0 Å². The van der Waals surface area contributed by atoms with Crippen molar-refractivity contribution in [2.45, 2.75) is 52.7 Å². The zero-order chi connectivity index (χ0) is 28.7. The van der Waals surface area contributed by atoms with Crippen LogP contribution >= 0.6 is 11.6 Å². The topological polar surface area (TPSA) is 86.8 Å². The van der Waals surface area contributed by atoms with Gasteiger partial charge in [0.15, 0.2) is 0 Å². The van der Waals surface area contributed by atoms with Gasteiger partial charge in [0.25, 0.3) is 0 Å². The van der Waals surface area contributed by atoms with Crippen molar-refractivity contribution in [2.75, 3.05) is 17.1 Å². The molecule has 7 nitrogen and oxygen atoms in total. The molecule has 0 aromatic heterocycles. The second-order valence-corrected chi connectivity index (χ2v) is 12.3. The lowest BCUT2D eigenvalue weighted by atomic mass is 10.0. The highest BCUT2D eigenvalue weighted by molar-refractivity contribution is 7.92. The van der Waals surface area contributed by atoms with E-state index in [1.165, 1.54) is 4.90 Å². The lowest BCUT2D eigenvalue weighted by Gasteiger charge is -2.34. The van der Waals surface area contributed by atoms with Gasteiger partial charge >= 0.3 is 0 Å². The van der Waals surface area contributed by atoms with Crippen molar-refractivity contribution in [3.63, 3.8) is 0 Å². The number of amides is 2. The van der Waals surface area contributed by atoms with Gasteiger partial charge in [-0.25, -0.2) is 8.42 Å². The van der Waals surface area contributed by atoms with E-state index >= 15 is 0 Å². The van der Waals surface area contributed by atoms with E-state index in [-0.39, 0.29) is 24.9 Å². The molecule has 0 aliphatic rings. The van der Waals surface area contributed by atoms with Crippen LogP contribution in [-0.4, -0.2) is 50.0 Å². The van der Waals surface area contributed by atoms with Crippen molar-refractivity contribution in [2.24, 2.45) is 0 Å². The lowest BCUT2D eigenvalue weighted by molar-refractivity contribution is -0.140. The van der Waals surface area contributed by atoms with Crippen molar-refractivity contribution >= 4 is 39.1 Å². The first kappa shape index (κ1) is 30.2. The number of nitrogens with one attached hydrogen (secondary N) is 1. The van der Waals surface area contributed by atoms with E-state index < -0.39 is 28.5 Å². The number of halogens is 1. The zero-order valence-corrected chi connectivity index (χ0v) is 24.6. The normalized spacial score (nSPS) is 12.2. The van der Waals surface area contributed by atoms with Crippen LogP contribution in [0, 0.1) is 13.8 Å². The van der Waals surface area contributed by atoms with Gasteiger partial charge in [0.05, 0.1) is 11.9 Å². The molecule has 0 fully saturated rings. The second-order valence-electron chi connectivity index (χ2n) is 10.0. The minimum absolute atomic E-state index is 0.101. The Bertz CT molecular complexity index is 1390. The lowest BCUT2D eigenvalue weighted by Crippen LogP contribution is -2.54. The van der Waals surface area contributed by atoms with Crippen LogP contribution in [0.3, 0.4) is 0 Å². The maximum Gasteiger partial charge on any atom is 0.244 e. The fourth-order valence-corrected chi connectivity index (χ4v) is 5.35. The number of hydrogen-bond donors (Lipinski definition) is 1. The molecule has 208 valence electrons. The van der Waals surface area contributed by atoms with Crippen molar-refractivity contribution in [1.82, 2.24) is 10.2 Å². The molecule has 3 rings (SSSR count). The molecule has 2 amide bonds. The van der Waals surface area contributed by atoms with E-state index in [1.807, 2.05) is 64.1 Å². The summed E-state index contributed by atoms with van der Waals surface area (Å²) in [5, 5.41) is 3.49. The van der Waals surface area contributed by atoms with Crippen LogP contribution in [0.2, 0.25) is 5.02 Å². The molecule has 0 saturated carbocycles. The predicted molar refractivity (Wildman–Crippen MR) is 157 cm³/mol. The first-order valence-electron chi connectivity index (χ1n) is 12.8. The van der Waals surface area contributed by atoms with Gasteiger partial charge in [0, 0.05) is 24.0 Å². The number of aryl methyl sites for hydroxylation is 1. The van der Waals surface area contributed by atoms with Gasteiger partial charge in [-0.3, -0.25) is 13.9 Å². The molecule has 1 N–H and O–H groups in total. The summed E-state index contributed by atoms with van der Waals surface area (Å²) < 4.78 is 27.0. The van der Waals surface area contributed by atoms with Crippen LogP contribution in [0.4, 0.5) is 5.69 Å². The van der Waals surface area contributed by atoms with E-state index in [9.17, 15) is 18.0 Å². The van der Waals surface area contributed by atoms with E-state index in [0.29, 0.717) is 10.7 Å². The number of carbonyl (C=O) groups is 2. The van der Waals surface area contributed by atoms with Gasteiger partial charge in [-0.2, -0.15) is 0 Å². The summed E-state index contributed by atoms with van der Waals surface area (Å²) in [5.41, 5.74) is 3.75. The SMILES string of the molecule is Cc1cccc(N(CC(=O)N(Cc2ccc(Cl)cc2)C(Cc2ccccc2)C(=O)NC(C)C)S(C)(=O)=O)c1C. The van der Waals surface area contributed by atoms with Gasteiger partial charge in [0.2, 0.25) is 21.8 Å². The van der Waals surface area contributed by atoms with Gasteiger partial charge in [-0.05, 0) is 68.1 Å². The fourth-order valence-electron chi connectivity index (χ4n) is 4.32. The Morgan fingerprint density at radius 1 is 0.897 bits per heavy atom. The number of hydrogen-bond acceptors (Lipinski definition) is 4. The minimum atomic E-state index is -3.82. The Hall–Kier alpha value is -3.36. The Kier molecular flexibility index (Phi) is 10.2. The molecule has 0 spiro atoms. The average molecular weight is 570 g/mol. The fraction of sp³-hybridized carbons (Fsp3) is 0.333. The molecular formula is C30H36ClN3O4S. The Morgan fingerprint density at radius 2 is 1.54 bits per heavy atom. The first-order valence-corrected chi connectivity index (χ1v) is 15.0. The third-order valence-corrected chi connectivity index (χ3v) is 7.87. The third-order valence-electron chi connectivity index (χ3n) is 6.49. The maximum absolute atomic E-state index is 14.1. The monoisotopic (exact) mass is 569 g/mol. The number of benzene rings is 3. The summed E-state index contributed by atoms with van der Waals surface area (Å²) in [6, 6.07) is 20.8. The highest BCUT2D eigenvalue weighted by Gasteiger charge is 2.33. The van der Waals surface area contributed by atoms with E-state index in [1.54, 1.807) is 36.4 Å². The molecule has 0 saturated heterocycles. The molecular weight excluding hydrogens is 534 g/mol. The molecule has 0 radical (unpaired) electrons. The summed E-state index contributed by atoms with van der Waals surface area (Å²) in [6.07, 6.45) is 1.35. The summed E-state index contributed by atoms with van der Waals surface area (Å²) in [5.74, 6) is -0.801. The van der Waals surface area contributed by atoms with E-state index in [2.05, 4.69) is 5.32 Å². The highest BCUT2D eigenvalue weighted by atomic mass is 35.5. The molecule has 9 heteroatoms. The van der Waals surface area contributed by atoms with Gasteiger partial charge in [-0.1, -0.05) is 66.2 Å². The smallest absolute Gasteiger partial charge is 0.244 e. The van der Waals surface area contributed by atoms with Crippen molar-refractivity contribution in [3.8, 4) is 0 Å². The van der Waals surface area contributed by atoms with Crippen molar-refractivity contribution in [3.05, 3.63) is 100 Å². The van der Waals surface area contributed by atoms with Crippen LogP contribution in [0.1, 0.15) is 36.1 Å². The Labute approximate surface area is 236 Å². The van der Waals surface area contributed by atoms with Crippen LogP contribution < -0.4 is 9.62 Å². The minimum Gasteiger partial charge on any atom is -0.352 e. The molecule has 39 heavy (non-hydrogen) atoms. The molecule has 1 atom stereocenters. The van der Waals surface area contributed by atoms with Crippen LogP contribution in [-0.2, 0) is 32.6 Å². The van der Waals surface area contributed by atoms with Crippen LogP contribution in [0.15, 0.2) is 72.8 Å². The van der Waals surface area contributed by atoms with E-state index in [4.69, 9.17) is 11.6 Å². The Morgan fingerprint density at radius 3 is 2.13 bits per heavy atom. The quantitative estimate of drug-likeness (QED) is 0.356. The maximum atomic E-state index is 14.1. The number of anilines is 1. The number of nitrogens with zero attached hydrogens (tertiary/aromatic N) is 2. The summed E-state index contributed by atoms with van der Waals surface area (Å²) in [7, 11) is -3.82. The van der Waals surface area contributed by atoms with Crippen molar-refractivity contribution < 1.29 is 18.0 Å².